The average Bonchev–Trinajstić information content (AvgIpc) is 3.12. The summed E-state index contributed by atoms with van der Waals surface area (Å²) in [6.07, 6.45) is 6.38. The Balaban J connectivity index is 1.72. The maximum atomic E-state index is 13.4. The molecule has 6 nitrogen and oxygen atoms in total. The van der Waals surface area contributed by atoms with E-state index >= 15 is 0 Å². The third kappa shape index (κ3) is 5.40. The lowest BCUT2D eigenvalue weighted by atomic mass is 9.95. The SMILES string of the molecule is CCCCCOc1ccc([C@@H]2C(=C(O)c3ccc(F)cc3)C(=O)C(=O)N2Cc2ccncc2)cc1. The Morgan fingerprint density at radius 1 is 1.00 bits per heavy atom. The molecule has 0 unspecified atom stereocenters. The lowest BCUT2D eigenvalue weighted by Gasteiger charge is -2.25. The molecule has 0 aliphatic carbocycles. The fourth-order valence-corrected chi connectivity index (χ4v) is 4.13. The molecule has 0 bridgehead atoms. The molecule has 1 fully saturated rings. The highest BCUT2D eigenvalue weighted by atomic mass is 19.1. The molecule has 3 aromatic rings. The van der Waals surface area contributed by atoms with Gasteiger partial charge in [0.1, 0.15) is 17.3 Å². The molecule has 1 atom stereocenters. The Hall–Kier alpha value is -4.00. The van der Waals surface area contributed by atoms with Gasteiger partial charge in [0.05, 0.1) is 18.2 Å². The van der Waals surface area contributed by atoms with Crippen molar-refractivity contribution in [3.05, 3.63) is 101 Å². The highest BCUT2D eigenvalue weighted by molar-refractivity contribution is 6.46. The summed E-state index contributed by atoms with van der Waals surface area (Å²) in [5, 5.41) is 11.1. The largest absolute Gasteiger partial charge is 0.507 e. The monoisotopic (exact) mass is 474 g/mol. The minimum Gasteiger partial charge on any atom is -0.507 e. The molecule has 2 aromatic carbocycles. The van der Waals surface area contributed by atoms with Gasteiger partial charge < -0.3 is 14.7 Å². The number of hydrogen-bond donors (Lipinski definition) is 1. The van der Waals surface area contributed by atoms with E-state index in [1.165, 1.54) is 29.2 Å². The number of rotatable bonds is 9. The van der Waals surface area contributed by atoms with E-state index < -0.39 is 23.5 Å². The number of halogens is 1. The van der Waals surface area contributed by atoms with Crippen molar-refractivity contribution in [2.45, 2.75) is 38.8 Å². The van der Waals surface area contributed by atoms with E-state index in [2.05, 4.69) is 11.9 Å². The number of Topliss-reactive ketones (excluding diaryl/α,β-unsaturated/α-hetero) is 1. The first-order valence-electron chi connectivity index (χ1n) is 11.7. The molecule has 4 rings (SSSR count). The minimum atomic E-state index is -0.817. The number of ketones is 1. The minimum absolute atomic E-state index is 0.0349. The van der Waals surface area contributed by atoms with E-state index in [-0.39, 0.29) is 23.4 Å². The van der Waals surface area contributed by atoms with Crippen molar-refractivity contribution in [1.29, 1.82) is 0 Å². The highest BCUT2D eigenvalue weighted by Gasteiger charge is 2.46. The van der Waals surface area contributed by atoms with Gasteiger partial charge in [-0.3, -0.25) is 14.6 Å². The number of aromatic nitrogens is 1. The molecule has 1 saturated heterocycles. The highest BCUT2D eigenvalue weighted by Crippen LogP contribution is 2.40. The predicted molar refractivity (Wildman–Crippen MR) is 130 cm³/mol. The van der Waals surface area contributed by atoms with Gasteiger partial charge in [-0.1, -0.05) is 31.9 Å². The molecule has 0 spiro atoms. The average molecular weight is 475 g/mol. The second-order valence-electron chi connectivity index (χ2n) is 8.41. The van der Waals surface area contributed by atoms with Gasteiger partial charge in [-0.15, -0.1) is 0 Å². The molecule has 180 valence electrons. The maximum absolute atomic E-state index is 13.4. The number of aliphatic hydroxyl groups excluding tert-OH is 1. The van der Waals surface area contributed by atoms with Crippen molar-refractivity contribution in [1.82, 2.24) is 9.88 Å². The van der Waals surface area contributed by atoms with Gasteiger partial charge in [-0.2, -0.15) is 0 Å². The molecule has 2 heterocycles. The molecular weight excluding hydrogens is 447 g/mol. The second kappa shape index (κ2) is 11.0. The first kappa shape index (κ1) is 24.1. The number of nitrogens with zero attached hydrogens (tertiary/aromatic N) is 2. The summed E-state index contributed by atoms with van der Waals surface area (Å²) in [5.41, 5.74) is 1.67. The number of carbonyl (C=O) groups excluding carboxylic acids is 2. The normalized spacial score (nSPS) is 17.1. The fourth-order valence-electron chi connectivity index (χ4n) is 4.13. The summed E-state index contributed by atoms with van der Waals surface area (Å²) < 4.78 is 19.2. The topological polar surface area (TPSA) is 79.7 Å². The first-order chi connectivity index (χ1) is 17.0. The van der Waals surface area contributed by atoms with Crippen molar-refractivity contribution in [3.8, 4) is 5.75 Å². The summed E-state index contributed by atoms with van der Waals surface area (Å²) in [7, 11) is 0. The van der Waals surface area contributed by atoms with Gasteiger partial charge in [0.2, 0.25) is 0 Å². The summed E-state index contributed by atoms with van der Waals surface area (Å²) in [4.78, 5) is 31.7. The van der Waals surface area contributed by atoms with Crippen molar-refractivity contribution in [3.63, 3.8) is 0 Å². The number of amides is 1. The number of ether oxygens (including phenoxy) is 1. The van der Waals surface area contributed by atoms with E-state index in [4.69, 9.17) is 4.74 Å². The van der Waals surface area contributed by atoms with E-state index in [0.717, 1.165) is 24.8 Å². The van der Waals surface area contributed by atoms with Crippen LogP contribution in [-0.2, 0) is 16.1 Å². The third-order valence-corrected chi connectivity index (χ3v) is 5.97. The van der Waals surface area contributed by atoms with E-state index in [1.807, 2.05) is 0 Å². The van der Waals surface area contributed by atoms with Gasteiger partial charge in [0.25, 0.3) is 11.7 Å². The zero-order valence-electron chi connectivity index (χ0n) is 19.5. The van der Waals surface area contributed by atoms with Crippen LogP contribution in [0.1, 0.15) is 48.9 Å². The van der Waals surface area contributed by atoms with Crippen LogP contribution < -0.4 is 4.74 Å². The molecule has 7 heteroatoms. The molecule has 0 radical (unpaired) electrons. The number of carbonyl (C=O) groups is 2. The lowest BCUT2D eigenvalue weighted by Crippen LogP contribution is -2.29. The van der Waals surface area contributed by atoms with Gasteiger partial charge in [-0.05, 0) is 66.1 Å². The first-order valence-corrected chi connectivity index (χ1v) is 11.7. The molecule has 1 N–H and O–H groups in total. The van der Waals surface area contributed by atoms with Crippen LogP contribution in [0.25, 0.3) is 5.76 Å². The van der Waals surface area contributed by atoms with Crippen LogP contribution in [-0.4, -0.2) is 33.3 Å². The maximum Gasteiger partial charge on any atom is 0.295 e. The quantitative estimate of drug-likeness (QED) is 0.194. The molecule has 1 aromatic heterocycles. The Bertz CT molecular complexity index is 1210. The van der Waals surface area contributed by atoms with Crippen LogP contribution in [0.15, 0.2) is 78.6 Å². The van der Waals surface area contributed by atoms with Crippen molar-refractivity contribution >= 4 is 17.4 Å². The Morgan fingerprint density at radius 2 is 1.69 bits per heavy atom. The predicted octanol–water partition coefficient (Wildman–Crippen LogP) is 5.41. The number of hydrogen-bond acceptors (Lipinski definition) is 5. The van der Waals surface area contributed by atoms with Crippen LogP contribution in [0.2, 0.25) is 0 Å². The molecule has 1 aliphatic rings. The summed E-state index contributed by atoms with van der Waals surface area (Å²) >= 11 is 0. The Kier molecular flexibility index (Phi) is 7.55. The van der Waals surface area contributed by atoms with Crippen molar-refractivity contribution in [2.75, 3.05) is 6.61 Å². The molecule has 0 saturated carbocycles. The fraction of sp³-hybridized carbons (Fsp3) is 0.250. The smallest absolute Gasteiger partial charge is 0.295 e. The Morgan fingerprint density at radius 3 is 2.34 bits per heavy atom. The van der Waals surface area contributed by atoms with E-state index in [0.29, 0.717) is 17.9 Å². The van der Waals surface area contributed by atoms with Gasteiger partial charge >= 0.3 is 0 Å². The summed E-state index contributed by atoms with van der Waals surface area (Å²) in [6.45, 7) is 2.90. The van der Waals surface area contributed by atoms with Crippen LogP contribution in [0, 0.1) is 5.82 Å². The van der Waals surface area contributed by atoms with Gasteiger partial charge in [0, 0.05) is 24.5 Å². The number of aliphatic hydroxyl groups is 1. The van der Waals surface area contributed by atoms with Gasteiger partial charge in [-0.25, -0.2) is 4.39 Å². The van der Waals surface area contributed by atoms with Crippen molar-refractivity contribution in [2.24, 2.45) is 0 Å². The molecule has 1 amide bonds. The Labute approximate surface area is 203 Å². The molecule has 35 heavy (non-hydrogen) atoms. The van der Waals surface area contributed by atoms with Crippen LogP contribution in [0.4, 0.5) is 4.39 Å². The third-order valence-electron chi connectivity index (χ3n) is 5.97. The van der Waals surface area contributed by atoms with E-state index in [9.17, 15) is 19.1 Å². The van der Waals surface area contributed by atoms with Crippen LogP contribution in [0.3, 0.4) is 0 Å². The number of pyridine rings is 1. The number of likely N-dealkylation sites (tertiary alicyclic amines) is 1. The van der Waals surface area contributed by atoms with Crippen molar-refractivity contribution < 1.29 is 23.8 Å². The number of benzene rings is 2. The number of unbranched alkanes of at least 4 members (excludes halogenated alkanes) is 2. The van der Waals surface area contributed by atoms with E-state index in [1.54, 1.807) is 48.8 Å². The van der Waals surface area contributed by atoms with Crippen LogP contribution in [0.5, 0.6) is 5.75 Å². The lowest BCUT2D eigenvalue weighted by molar-refractivity contribution is -0.140. The molecule has 1 aliphatic heterocycles. The second-order valence-corrected chi connectivity index (χ2v) is 8.41. The summed E-state index contributed by atoms with van der Waals surface area (Å²) in [6, 6.07) is 15.1. The van der Waals surface area contributed by atoms with Crippen LogP contribution >= 0.6 is 0 Å². The molecular formula is C28H27FN2O4. The zero-order chi connectivity index (χ0) is 24.8. The zero-order valence-corrected chi connectivity index (χ0v) is 19.5. The standard InChI is InChI=1S/C28H27FN2O4/c1-2-3-4-17-35-23-11-7-20(8-12-23)25-24(26(32)21-5-9-22(29)10-6-21)27(33)28(34)31(25)18-19-13-15-30-16-14-19/h5-16,25,32H,2-4,17-18H2,1H3/t25-/m1/s1. The van der Waals surface area contributed by atoms with Gasteiger partial charge in [0.15, 0.2) is 0 Å². The summed E-state index contributed by atoms with van der Waals surface area (Å²) in [5.74, 6) is -1.62.